The SMILES string of the molecule is C[13CH]=O.C[13C](=O)[13C](=O)[O-]. The van der Waals surface area contributed by atoms with Crippen molar-refractivity contribution in [2.45, 2.75) is 13.8 Å². The molecule has 0 aliphatic rings. The van der Waals surface area contributed by atoms with Gasteiger partial charge in [-0.15, -0.1) is 0 Å². The van der Waals surface area contributed by atoms with Crippen LogP contribution in [0.15, 0.2) is 0 Å². The van der Waals surface area contributed by atoms with Gasteiger partial charge in [0.05, 0.1) is 0 Å². The maximum Gasteiger partial charge on any atom is 0.175 e. The van der Waals surface area contributed by atoms with Gasteiger partial charge in [0.1, 0.15) is 12.3 Å². The highest BCUT2D eigenvalue weighted by Gasteiger charge is 1.85. The summed E-state index contributed by atoms with van der Waals surface area (Å²) in [6, 6.07) is 0. The Morgan fingerprint density at radius 2 is 1.56 bits per heavy atom. The lowest BCUT2D eigenvalue weighted by atomic mass is 11.1. The number of carbonyl (C=O) groups is 3. The summed E-state index contributed by atoms with van der Waals surface area (Å²) >= 11 is 0. The second-order valence-electron chi connectivity index (χ2n) is 1.08. The van der Waals surface area contributed by atoms with Gasteiger partial charge < -0.3 is 14.7 Å². The second kappa shape index (κ2) is 6.81. The number of aldehydes is 1. The average molecular weight is 134 g/mol. The van der Waals surface area contributed by atoms with Crippen LogP contribution in [0.3, 0.4) is 0 Å². The first-order valence-corrected chi connectivity index (χ1v) is 2.18. The van der Waals surface area contributed by atoms with Crippen molar-refractivity contribution in [3.05, 3.63) is 0 Å². The molecule has 0 rings (SSSR count). The van der Waals surface area contributed by atoms with E-state index in [1.54, 1.807) is 0 Å². The molecule has 0 heterocycles. The molecule has 4 heteroatoms. The highest BCUT2D eigenvalue weighted by Crippen LogP contribution is 1.56. The first kappa shape index (κ1) is 10.7. The van der Waals surface area contributed by atoms with Crippen LogP contribution in [-0.4, -0.2) is 18.0 Å². The van der Waals surface area contributed by atoms with Crippen molar-refractivity contribution in [3.63, 3.8) is 0 Å². The van der Waals surface area contributed by atoms with Crippen molar-refractivity contribution in [1.82, 2.24) is 0 Å². The van der Waals surface area contributed by atoms with Crippen molar-refractivity contribution >= 4 is 18.0 Å². The van der Waals surface area contributed by atoms with Gasteiger partial charge >= 0.3 is 0 Å². The number of hydrogen-bond acceptors (Lipinski definition) is 4. The standard InChI is InChI=1S/C3H4O3.C2H4O/c1-2(4)3(5)6;1-2-3/h1H3,(H,5,6);2H,1H3/p-1/i2+1,3+1;2+1. The van der Waals surface area contributed by atoms with E-state index >= 15 is 0 Å². The molecule has 0 fully saturated rings. The van der Waals surface area contributed by atoms with Crippen LogP contribution >= 0.6 is 0 Å². The van der Waals surface area contributed by atoms with Crippen LogP contribution in [0.5, 0.6) is 0 Å². The quantitative estimate of drug-likeness (QED) is 0.249. The molecule has 0 N–H and O–H groups in total. The van der Waals surface area contributed by atoms with Gasteiger partial charge in [-0.25, -0.2) is 0 Å². The number of ketones is 1. The molecule has 0 bridgehead atoms. The second-order valence-corrected chi connectivity index (χ2v) is 1.08. The van der Waals surface area contributed by atoms with Crippen LogP contribution in [0, 0.1) is 0 Å². The molecule has 0 aromatic carbocycles. The molecule has 52 valence electrons. The third-order valence-electron chi connectivity index (χ3n) is 0.287. The number of hydrogen-bond donors (Lipinski definition) is 0. The van der Waals surface area contributed by atoms with Gasteiger partial charge in [-0.3, -0.25) is 4.79 Å². The fraction of sp³-hybridized carbons (Fsp3) is 0.400. The minimum absolute atomic E-state index is 0.750. The molecule has 0 aromatic heterocycles. The summed E-state index contributed by atoms with van der Waals surface area (Å²) in [6.45, 7) is 2.38. The van der Waals surface area contributed by atoms with Crippen LogP contribution in [0.1, 0.15) is 13.8 Å². The highest BCUT2D eigenvalue weighted by molar-refractivity contribution is 6.30. The molecule has 0 aliphatic carbocycles. The normalized spacial score (nSPS) is 6.44. The largest absolute Gasteiger partial charge is 0.542 e. The Labute approximate surface area is 52.5 Å². The zero-order chi connectivity index (χ0) is 7.86. The van der Waals surface area contributed by atoms with E-state index in [0.29, 0.717) is 0 Å². The lowest BCUT2D eigenvalue weighted by molar-refractivity contribution is -0.299. The van der Waals surface area contributed by atoms with Crippen molar-refractivity contribution in [2.24, 2.45) is 0 Å². The molecular formula is C5H7O4-. The summed E-state index contributed by atoms with van der Waals surface area (Å²) in [7, 11) is 0. The van der Waals surface area contributed by atoms with Crippen LogP contribution in [0.25, 0.3) is 0 Å². The minimum Gasteiger partial charge on any atom is -0.542 e. The predicted molar refractivity (Wildman–Crippen MR) is 27.4 cm³/mol. The fourth-order valence-electron chi connectivity index (χ4n) is 0. The molecule has 0 aromatic rings. The molecular weight excluding hydrogens is 127 g/mol. The molecule has 0 radical (unpaired) electrons. The number of rotatable bonds is 1. The van der Waals surface area contributed by atoms with Crippen LogP contribution in [0.4, 0.5) is 0 Å². The maximum absolute atomic E-state index is 9.48. The zero-order valence-electron chi connectivity index (χ0n) is 5.21. The highest BCUT2D eigenvalue weighted by atomic mass is 16.5. The summed E-state index contributed by atoms with van der Waals surface area (Å²) in [5.41, 5.74) is 0. The summed E-state index contributed by atoms with van der Waals surface area (Å²) < 4.78 is 0. The summed E-state index contributed by atoms with van der Waals surface area (Å²) in [6.07, 6.45) is 0.750. The van der Waals surface area contributed by atoms with Gasteiger partial charge in [-0.1, -0.05) is 0 Å². The van der Waals surface area contributed by atoms with E-state index in [0.717, 1.165) is 13.2 Å². The van der Waals surface area contributed by atoms with Gasteiger partial charge in [0.15, 0.2) is 5.78 Å². The Morgan fingerprint density at radius 3 is 1.56 bits per heavy atom. The topological polar surface area (TPSA) is 74.3 Å². The summed E-state index contributed by atoms with van der Waals surface area (Å²) in [5.74, 6) is -2.56. The maximum atomic E-state index is 9.48. The Bertz CT molecular complexity index is 104. The fourth-order valence-corrected chi connectivity index (χ4v) is 0. The lowest BCUT2D eigenvalue weighted by Crippen LogP contribution is -2.29. The van der Waals surface area contributed by atoms with Gasteiger partial charge in [0, 0.05) is 6.92 Å². The third kappa shape index (κ3) is 20.0. The molecule has 0 unspecified atom stereocenters. The van der Waals surface area contributed by atoms with Crippen LogP contribution < -0.4 is 5.11 Å². The first-order valence-electron chi connectivity index (χ1n) is 2.18. The molecule has 0 aliphatic heterocycles. The number of aliphatic carboxylic acids is 1. The van der Waals surface area contributed by atoms with E-state index < -0.39 is 11.8 Å². The van der Waals surface area contributed by atoms with Crippen LogP contribution in [0.2, 0.25) is 0 Å². The van der Waals surface area contributed by atoms with E-state index in [9.17, 15) is 14.7 Å². The van der Waals surface area contributed by atoms with Gasteiger partial charge in [0.25, 0.3) is 0 Å². The lowest BCUT2D eigenvalue weighted by Gasteiger charge is -1.87. The van der Waals surface area contributed by atoms with Gasteiger partial charge in [-0.05, 0) is 6.92 Å². The molecule has 0 atom stereocenters. The van der Waals surface area contributed by atoms with Crippen LogP contribution in [-0.2, 0) is 14.4 Å². The van der Waals surface area contributed by atoms with E-state index in [2.05, 4.69) is 0 Å². The zero-order valence-corrected chi connectivity index (χ0v) is 5.21. The Balaban J connectivity index is 0. The van der Waals surface area contributed by atoms with E-state index in [-0.39, 0.29) is 0 Å². The average Bonchev–Trinajstić information content (AvgIpc) is 1.68. The Morgan fingerprint density at radius 1 is 1.44 bits per heavy atom. The molecule has 0 saturated heterocycles. The monoisotopic (exact) mass is 134 g/mol. The minimum atomic E-state index is -1.63. The Kier molecular flexibility index (Phi) is 8.12. The smallest absolute Gasteiger partial charge is 0.175 e. The number of Topliss-reactive ketones (excluding diaryl/α,β-unsaturated/α-hetero) is 1. The van der Waals surface area contributed by atoms with Crippen molar-refractivity contribution in [2.75, 3.05) is 0 Å². The van der Waals surface area contributed by atoms with Gasteiger partial charge in [-0.2, -0.15) is 0 Å². The van der Waals surface area contributed by atoms with E-state index in [1.165, 1.54) is 6.92 Å². The number of carboxylic acids is 1. The van der Waals surface area contributed by atoms with Gasteiger partial charge in [0.2, 0.25) is 0 Å². The summed E-state index contributed by atoms with van der Waals surface area (Å²) in [4.78, 5) is 27.5. The molecule has 0 spiro atoms. The molecule has 9 heavy (non-hydrogen) atoms. The Hall–Kier alpha value is -1.19. The van der Waals surface area contributed by atoms with Crippen molar-refractivity contribution in [3.8, 4) is 0 Å². The van der Waals surface area contributed by atoms with Crippen molar-refractivity contribution < 1.29 is 19.5 Å². The molecule has 0 amide bonds. The predicted octanol–water partition coefficient (Wildman–Crippen LogP) is -1.47. The number of carboxylic acid groups (broad SMARTS) is 1. The number of carbonyl (C=O) groups excluding carboxylic acids is 3. The third-order valence-corrected chi connectivity index (χ3v) is 0.287. The summed E-state index contributed by atoms with van der Waals surface area (Å²) in [5, 5.41) is 9.24. The molecule has 0 saturated carbocycles. The molecule has 4 nitrogen and oxygen atoms in total. The first-order chi connectivity index (χ1) is 4.06. The van der Waals surface area contributed by atoms with E-state index in [4.69, 9.17) is 4.79 Å². The van der Waals surface area contributed by atoms with Crippen molar-refractivity contribution in [1.29, 1.82) is 0 Å². The van der Waals surface area contributed by atoms with E-state index in [1.807, 2.05) is 0 Å².